The normalized spacial score (nSPS) is 17.2. The Labute approximate surface area is 194 Å². The average molecular weight is 477 g/mol. The first kappa shape index (κ1) is 22.8. The number of nitrogens with zero attached hydrogens (tertiary/aromatic N) is 7. The van der Waals surface area contributed by atoms with Gasteiger partial charge in [0.05, 0.1) is 13.2 Å². The van der Waals surface area contributed by atoms with E-state index >= 15 is 0 Å². The Kier molecular flexibility index (Phi) is 6.28. The number of fused-ring (bicyclic) bond motifs is 3. The van der Waals surface area contributed by atoms with Gasteiger partial charge in [-0.1, -0.05) is 6.07 Å². The van der Waals surface area contributed by atoms with E-state index in [1.165, 1.54) is 0 Å². The summed E-state index contributed by atoms with van der Waals surface area (Å²) in [6.07, 6.45) is -2.73. The Morgan fingerprint density at radius 1 is 1.06 bits per heavy atom. The third-order valence-electron chi connectivity index (χ3n) is 6.11. The number of hydrogen-bond donors (Lipinski definition) is 1. The minimum Gasteiger partial charge on any atom is -0.491 e. The lowest BCUT2D eigenvalue weighted by Gasteiger charge is -2.34. The number of rotatable bonds is 6. The number of aliphatic hydroxyl groups is 1. The first-order valence-electron chi connectivity index (χ1n) is 11.3. The maximum atomic E-state index is 12.9. The number of aromatic nitrogens is 5. The molecule has 9 nitrogen and oxygen atoms in total. The molecule has 0 amide bonds. The lowest BCUT2D eigenvalue weighted by molar-refractivity contribution is -0.142. The lowest BCUT2D eigenvalue weighted by atomic mass is 10.1. The van der Waals surface area contributed by atoms with Gasteiger partial charge in [0.1, 0.15) is 30.0 Å². The van der Waals surface area contributed by atoms with Crippen LogP contribution in [-0.2, 0) is 19.5 Å². The molecule has 1 fully saturated rings. The van der Waals surface area contributed by atoms with E-state index in [2.05, 4.69) is 25.0 Å². The van der Waals surface area contributed by atoms with Crippen LogP contribution >= 0.6 is 0 Å². The monoisotopic (exact) mass is 477 g/mol. The molecule has 0 bridgehead atoms. The molecule has 182 valence electrons. The number of β-amino-alcohol motifs (C(OH)–C–C–N with tert-alkyl or cyclic N) is 1. The molecule has 0 radical (unpaired) electrons. The van der Waals surface area contributed by atoms with Crippen molar-refractivity contribution < 1.29 is 23.0 Å². The summed E-state index contributed by atoms with van der Waals surface area (Å²) in [6, 6.07) is 7.74. The van der Waals surface area contributed by atoms with E-state index < -0.39 is 12.7 Å². The van der Waals surface area contributed by atoms with Crippen LogP contribution in [0.25, 0.3) is 17.2 Å². The van der Waals surface area contributed by atoms with Crippen molar-refractivity contribution in [3.05, 3.63) is 41.9 Å². The highest BCUT2D eigenvalue weighted by atomic mass is 19.4. The summed E-state index contributed by atoms with van der Waals surface area (Å²) in [5.41, 5.74) is 3.04. The zero-order valence-electron chi connectivity index (χ0n) is 18.6. The number of piperazine rings is 1. The maximum Gasteiger partial charge on any atom is 0.408 e. The minimum atomic E-state index is -4.40. The van der Waals surface area contributed by atoms with Gasteiger partial charge in [0, 0.05) is 51.4 Å². The predicted octanol–water partition coefficient (Wildman–Crippen LogP) is 1.74. The second kappa shape index (κ2) is 9.35. The summed E-state index contributed by atoms with van der Waals surface area (Å²) < 4.78 is 47.3. The van der Waals surface area contributed by atoms with Gasteiger partial charge in [0.2, 0.25) is 0 Å². The smallest absolute Gasteiger partial charge is 0.408 e. The molecular formula is C22H26F3N7O2. The number of hydrogen-bond acceptors (Lipinski definition) is 7. The molecule has 2 aromatic heterocycles. The summed E-state index contributed by atoms with van der Waals surface area (Å²) in [7, 11) is 0. The quantitative estimate of drug-likeness (QED) is 0.579. The molecule has 0 aliphatic carbocycles. The van der Waals surface area contributed by atoms with E-state index in [-0.39, 0.29) is 12.4 Å². The van der Waals surface area contributed by atoms with Crippen LogP contribution in [0.2, 0.25) is 0 Å². The number of aliphatic hydroxyl groups excluding tert-OH is 1. The fourth-order valence-corrected chi connectivity index (χ4v) is 4.45. The molecule has 12 heteroatoms. The Hall–Kier alpha value is -2.96. The third kappa shape index (κ3) is 4.93. The van der Waals surface area contributed by atoms with Crippen molar-refractivity contribution in [3.63, 3.8) is 0 Å². The fraction of sp³-hybridized carbons (Fsp3) is 0.500. The Morgan fingerprint density at radius 3 is 2.62 bits per heavy atom. The summed E-state index contributed by atoms with van der Waals surface area (Å²) in [5.74, 6) is 0.763. The van der Waals surface area contributed by atoms with Crippen LogP contribution in [0.5, 0.6) is 5.75 Å². The van der Waals surface area contributed by atoms with Gasteiger partial charge in [-0.05, 0) is 23.8 Å². The van der Waals surface area contributed by atoms with Gasteiger partial charge in [-0.15, -0.1) is 0 Å². The second-order valence-electron chi connectivity index (χ2n) is 8.53. The lowest BCUT2D eigenvalue weighted by Crippen LogP contribution is -2.46. The Bertz CT molecular complexity index is 1140. The molecule has 3 aromatic rings. The molecule has 5 rings (SSSR count). The zero-order valence-corrected chi connectivity index (χ0v) is 18.6. The van der Waals surface area contributed by atoms with Crippen LogP contribution < -0.4 is 4.74 Å². The highest BCUT2D eigenvalue weighted by molar-refractivity contribution is 5.55. The van der Waals surface area contributed by atoms with Crippen LogP contribution in [0.4, 0.5) is 13.2 Å². The number of halogens is 3. The molecule has 34 heavy (non-hydrogen) atoms. The van der Waals surface area contributed by atoms with Crippen LogP contribution in [0.1, 0.15) is 11.3 Å². The van der Waals surface area contributed by atoms with Gasteiger partial charge in [0.25, 0.3) is 0 Å². The maximum absolute atomic E-state index is 12.9. The van der Waals surface area contributed by atoms with Gasteiger partial charge in [-0.25, -0.2) is 14.3 Å². The molecule has 2 aliphatic rings. The van der Waals surface area contributed by atoms with Gasteiger partial charge in [-0.2, -0.15) is 23.4 Å². The van der Waals surface area contributed by atoms with Crippen molar-refractivity contribution in [2.75, 3.05) is 45.9 Å². The highest BCUT2D eigenvalue weighted by Crippen LogP contribution is 2.31. The topological polar surface area (TPSA) is 84.5 Å². The summed E-state index contributed by atoms with van der Waals surface area (Å²) in [6.45, 7) is 4.53. The molecule has 1 saturated heterocycles. The Balaban J connectivity index is 1.40. The van der Waals surface area contributed by atoms with Gasteiger partial charge >= 0.3 is 6.18 Å². The van der Waals surface area contributed by atoms with Crippen molar-refractivity contribution in [1.82, 2.24) is 34.3 Å². The van der Waals surface area contributed by atoms with Crippen molar-refractivity contribution >= 4 is 0 Å². The van der Waals surface area contributed by atoms with Crippen LogP contribution in [0.15, 0.2) is 30.6 Å². The van der Waals surface area contributed by atoms with Crippen molar-refractivity contribution in [1.29, 1.82) is 0 Å². The third-order valence-corrected chi connectivity index (χ3v) is 6.11. The summed E-state index contributed by atoms with van der Waals surface area (Å²) in [5, 5.41) is 17.5. The largest absolute Gasteiger partial charge is 0.491 e. The molecule has 4 heterocycles. The van der Waals surface area contributed by atoms with Crippen molar-refractivity contribution in [2.45, 2.75) is 25.7 Å². The molecular weight excluding hydrogens is 451 g/mol. The standard InChI is InChI=1S/C22H26F3N7O2/c23-22(24,25)14-31-21(26-15-27-31)18-12-17-3-10-34-20-2-1-16(11-19(20)32(17)28-18)13-30-6-4-29(5-7-30)8-9-33/h1-2,11-12,15,33H,3-10,13-14H2. The molecule has 0 saturated carbocycles. The van der Waals surface area contributed by atoms with E-state index in [1.807, 2.05) is 18.2 Å². The zero-order chi connectivity index (χ0) is 23.7. The van der Waals surface area contributed by atoms with Crippen LogP contribution in [0.3, 0.4) is 0 Å². The SMILES string of the molecule is OCCN1CCN(Cc2ccc3c(c2)-n2nc(-c4ncnn4CC(F)(F)F)cc2CCO3)CC1. The Morgan fingerprint density at radius 2 is 1.85 bits per heavy atom. The van der Waals surface area contributed by atoms with Crippen LogP contribution in [-0.4, -0.2) is 91.6 Å². The van der Waals surface area contributed by atoms with E-state index in [1.54, 1.807) is 10.7 Å². The molecule has 0 atom stereocenters. The molecule has 1 aromatic carbocycles. The predicted molar refractivity (Wildman–Crippen MR) is 117 cm³/mol. The molecule has 0 unspecified atom stereocenters. The molecule has 0 spiro atoms. The fourth-order valence-electron chi connectivity index (χ4n) is 4.45. The van der Waals surface area contributed by atoms with Gasteiger partial charge in [0.15, 0.2) is 5.82 Å². The second-order valence-corrected chi connectivity index (χ2v) is 8.53. The van der Waals surface area contributed by atoms with Crippen LogP contribution in [0, 0.1) is 0 Å². The first-order chi connectivity index (χ1) is 16.4. The summed E-state index contributed by atoms with van der Waals surface area (Å²) in [4.78, 5) is 8.64. The summed E-state index contributed by atoms with van der Waals surface area (Å²) >= 11 is 0. The van der Waals surface area contributed by atoms with E-state index in [0.29, 0.717) is 31.0 Å². The van der Waals surface area contributed by atoms with E-state index in [0.717, 1.165) is 60.7 Å². The minimum absolute atomic E-state index is 0.0808. The van der Waals surface area contributed by atoms with E-state index in [9.17, 15) is 13.2 Å². The van der Waals surface area contributed by atoms with Gasteiger partial charge in [-0.3, -0.25) is 9.80 Å². The number of alkyl halides is 3. The highest BCUT2D eigenvalue weighted by Gasteiger charge is 2.31. The van der Waals surface area contributed by atoms with Gasteiger partial charge < -0.3 is 9.84 Å². The molecule has 1 N–H and O–H groups in total. The average Bonchev–Trinajstić information content (AvgIpc) is 3.38. The van der Waals surface area contributed by atoms with Crippen molar-refractivity contribution in [2.24, 2.45) is 0 Å². The number of benzene rings is 1. The van der Waals surface area contributed by atoms with E-state index in [4.69, 9.17) is 9.84 Å². The molecule has 2 aliphatic heterocycles. The number of ether oxygens (including phenoxy) is 1. The first-order valence-corrected chi connectivity index (χ1v) is 11.3. The van der Waals surface area contributed by atoms with Crippen molar-refractivity contribution in [3.8, 4) is 23.0 Å².